The molecule has 3 fully saturated rings. The first-order chi connectivity index (χ1) is 18.0. The van der Waals surface area contributed by atoms with Gasteiger partial charge in [0.25, 0.3) is 0 Å². The van der Waals surface area contributed by atoms with Crippen LogP contribution in [-0.2, 0) is 19.4 Å². The molecular weight excluding hydrogens is 465 g/mol. The van der Waals surface area contributed by atoms with Gasteiger partial charge < -0.3 is 14.2 Å². The van der Waals surface area contributed by atoms with Crippen molar-refractivity contribution in [2.45, 2.75) is 68.9 Å². The van der Waals surface area contributed by atoms with Crippen LogP contribution in [0.4, 0.5) is 4.39 Å². The molecule has 0 radical (unpaired) electrons. The molecule has 6 rings (SSSR count). The Hall–Kier alpha value is -3.05. The van der Waals surface area contributed by atoms with Crippen molar-refractivity contribution in [2.24, 2.45) is 5.41 Å². The molecule has 0 amide bonds. The Morgan fingerprint density at radius 1 is 1.05 bits per heavy atom. The molecular formula is C32H36FNO3. The van der Waals surface area contributed by atoms with E-state index in [1.54, 1.807) is 20.3 Å². The van der Waals surface area contributed by atoms with E-state index in [1.807, 2.05) is 24.3 Å². The molecule has 1 spiro atoms. The highest BCUT2D eigenvalue weighted by Crippen LogP contribution is 2.75. The first-order valence-electron chi connectivity index (χ1n) is 13.4. The number of piperidine rings is 2. The third-order valence-electron chi connectivity index (χ3n) is 9.27. The maximum atomic E-state index is 16.4. The maximum Gasteiger partial charge on any atom is 0.164 e. The predicted octanol–water partition coefficient (Wildman–Crippen LogP) is 6.38. The average molecular weight is 502 g/mol. The van der Waals surface area contributed by atoms with Gasteiger partial charge >= 0.3 is 0 Å². The summed E-state index contributed by atoms with van der Waals surface area (Å²) < 4.78 is 33.5. The van der Waals surface area contributed by atoms with E-state index in [-0.39, 0.29) is 11.5 Å². The summed E-state index contributed by atoms with van der Waals surface area (Å²) in [4.78, 5) is 2.55. The fourth-order valence-electron chi connectivity index (χ4n) is 7.38. The molecule has 2 aliphatic heterocycles. The van der Waals surface area contributed by atoms with Crippen molar-refractivity contribution >= 4 is 0 Å². The topological polar surface area (TPSA) is 30.9 Å². The molecule has 194 valence electrons. The number of allylic oxidation sites excluding steroid dienone is 5. The van der Waals surface area contributed by atoms with E-state index >= 15 is 4.39 Å². The first kappa shape index (κ1) is 24.3. The fraction of sp³-hybridized carbons (Fsp3) is 0.438. The van der Waals surface area contributed by atoms with E-state index in [4.69, 9.17) is 14.2 Å². The van der Waals surface area contributed by atoms with Crippen molar-refractivity contribution in [3.8, 4) is 17.2 Å². The lowest BCUT2D eigenvalue weighted by Crippen LogP contribution is -2.90. The summed E-state index contributed by atoms with van der Waals surface area (Å²) in [6.07, 6.45) is 14.6. The van der Waals surface area contributed by atoms with Gasteiger partial charge in [-0.25, -0.2) is 4.39 Å². The summed E-state index contributed by atoms with van der Waals surface area (Å²) in [5, 5.41) is 0. The third kappa shape index (κ3) is 3.82. The molecule has 4 aliphatic rings. The minimum absolute atomic E-state index is 0.128. The predicted molar refractivity (Wildman–Crippen MR) is 144 cm³/mol. The van der Waals surface area contributed by atoms with E-state index in [2.05, 4.69) is 47.9 Å². The normalized spacial score (nSPS) is 31.5. The fourth-order valence-corrected chi connectivity index (χ4v) is 7.38. The highest BCUT2D eigenvalue weighted by atomic mass is 19.1. The number of benzene rings is 2. The Bertz CT molecular complexity index is 1200. The van der Waals surface area contributed by atoms with Crippen molar-refractivity contribution in [3.05, 3.63) is 90.0 Å². The van der Waals surface area contributed by atoms with E-state index in [0.29, 0.717) is 36.4 Å². The number of hydrogen-bond acceptors (Lipinski definition) is 4. The van der Waals surface area contributed by atoms with Crippen LogP contribution in [0.5, 0.6) is 17.2 Å². The van der Waals surface area contributed by atoms with Gasteiger partial charge in [0.1, 0.15) is 17.5 Å². The molecule has 4 nitrogen and oxygen atoms in total. The zero-order valence-electron chi connectivity index (χ0n) is 21.8. The maximum absolute atomic E-state index is 16.4. The Morgan fingerprint density at radius 3 is 2.49 bits per heavy atom. The number of halogens is 1. The zero-order valence-corrected chi connectivity index (χ0v) is 21.8. The van der Waals surface area contributed by atoms with Crippen molar-refractivity contribution in [1.82, 2.24) is 4.90 Å². The SMILES string of the molecule is C=C/C=C\C=C/Cc1ccc(CN2C3CCC34C2CC4(F)CC2Cc3cc(OC)c(OC)cc3O2)cc1. The number of rotatable bonds is 10. The highest BCUT2D eigenvalue weighted by Gasteiger charge is 2.82. The molecule has 0 bridgehead atoms. The molecule has 5 atom stereocenters. The van der Waals surface area contributed by atoms with E-state index < -0.39 is 5.67 Å². The lowest BCUT2D eigenvalue weighted by Gasteiger charge is -2.82. The van der Waals surface area contributed by atoms with Crippen LogP contribution < -0.4 is 14.2 Å². The molecule has 2 saturated carbocycles. The second-order valence-corrected chi connectivity index (χ2v) is 11.0. The van der Waals surface area contributed by atoms with Crippen LogP contribution in [0, 0.1) is 5.41 Å². The zero-order chi connectivity index (χ0) is 25.6. The summed E-state index contributed by atoms with van der Waals surface area (Å²) >= 11 is 0. The highest BCUT2D eigenvalue weighted by molar-refractivity contribution is 5.52. The van der Waals surface area contributed by atoms with Gasteiger partial charge in [0.05, 0.1) is 14.2 Å². The van der Waals surface area contributed by atoms with Crippen LogP contribution in [0.1, 0.15) is 42.4 Å². The van der Waals surface area contributed by atoms with E-state index in [0.717, 1.165) is 43.5 Å². The smallest absolute Gasteiger partial charge is 0.164 e. The number of likely N-dealkylation sites (tertiary alicyclic amines) is 1. The summed E-state index contributed by atoms with van der Waals surface area (Å²) in [6.45, 7) is 4.59. The van der Waals surface area contributed by atoms with Gasteiger partial charge in [-0.1, -0.05) is 61.2 Å². The molecule has 2 aliphatic carbocycles. The number of fused-ring (bicyclic) bond motifs is 1. The third-order valence-corrected chi connectivity index (χ3v) is 9.27. The van der Waals surface area contributed by atoms with Gasteiger partial charge in [-0.3, -0.25) is 4.90 Å². The second-order valence-electron chi connectivity index (χ2n) is 11.0. The van der Waals surface area contributed by atoms with Gasteiger partial charge in [-0.05, 0) is 42.9 Å². The van der Waals surface area contributed by atoms with Crippen molar-refractivity contribution < 1.29 is 18.6 Å². The Balaban J connectivity index is 1.06. The monoisotopic (exact) mass is 501 g/mol. The minimum Gasteiger partial charge on any atom is -0.493 e. The average Bonchev–Trinajstić information content (AvgIpc) is 3.27. The van der Waals surface area contributed by atoms with Crippen LogP contribution in [0.15, 0.2) is 73.4 Å². The van der Waals surface area contributed by atoms with E-state index in [9.17, 15) is 0 Å². The standard InChI is InChI=1S/C32H36FNO3/c1-4-5-6-7-8-9-22-10-12-23(13-11-22)21-34-29-14-15-32(29)30(34)20-31(32,33)19-25-16-24-17-27(35-2)28(36-3)18-26(24)37-25/h4-8,10-13,17-18,25,29-30H,1,9,14-16,19-21H2,2-3H3/b6-5-,8-7-. The summed E-state index contributed by atoms with van der Waals surface area (Å²) in [7, 11) is 3.26. The van der Waals surface area contributed by atoms with Gasteiger partial charge in [0.2, 0.25) is 0 Å². The van der Waals surface area contributed by atoms with Gasteiger partial charge in [-0.15, -0.1) is 0 Å². The number of hydrogen-bond donors (Lipinski definition) is 0. The number of nitrogens with zero attached hydrogens (tertiary/aromatic N) is 1. The quantitative estimate of drug-likeness (QED) is 0.353. The van der Waals surface area contributed by atoms with Crippen LogP contribution in [-0.4, -0.2) is 43.0 Å². The summed E-state index contributed by atoms with van der Waals surface area (Å²) in [6, 6.07) is 13.5. The molecule has 0 aromatic heterocycles. The number of alkyl halides is 1. The minimum atomic E-state index is -1.13. The molecule has 1 saturated heterocycles. The molecule has 37 heavy (non-hydrogen) atoms. The van der Waals surface area contributed by atoms with Gasteiger partial charge in [0, 0.05) is 48.5 Å². The molecule has 2 heterocycles. The first-order valence-corrected chi connectivity index (χ1v) is 13.4. The molecule has 2 aromatic rings. The molecule has 0 N–H and O–H groups in total. The van der Waals surface area contributed by atoms with Gasteiger partial charge in [-0.2, -0.15) is 0 Å². The van der Waals surface area contributed by atoms with Gasteiger partial charge in [0.15, 0.2) is 11.5 Å². The molecule has 2 aromatic carbocycles. The number of ether oxygens (including phenoxy) is 3. The molecule has 5 heteroatoms. The Morgan fingerprint density at radius 2 is 1.81 bits per heavy atom. The Kier molecular flexibility index (Phi) is 6.15. The molecule has 5 unspecified atom stereocenters. The van der Waals surface area contributed by atoms with Crippen LogP contribution in [0.25, 0.3) is 0 Å². The van der Waals surface area contributed by atoms with Crippen molar-refractivity contribution in [1.29, 1.82) is 0 Å². The number of methoxy groups -OCH3 is 2. The van der Waals surface area contributed by atoms with Crippen LogP contribution >= 0.6 is 0 Å². The lowest BCUT2D eigenvalue weighted by molar-refractivity contribution is -0.353. The summed E-state index contributed by atoms with van der Waals surface area (Å²) in [5.41, 5.74) is 2.40. The van der Waals surface area contributed by atoms with Crippen molar-refractivity contribution in [2.75, 3.05) is 14.2 Å². The van der Waals surface area contributed by atoms with Crippen LogP contribution in [0.2, 0.25) is 0 Å². The van der Waals surface area contributed by atoms with Crippen LogP contribution in [0.3, 0.4) is 0 Å². The van der Waals surface area contributed by atoms with E-state index in [1.165, 1.54) is 11.1 Å². The largest absolute Gasteiger partial charge is 0.493 e. The van der Waals surface area contributed by atoms with Crippen molar-refractivity contribution in [3.63, 3.8) is 0 Å². The lowest BCUT2D eigenvalue weighted by atomic mass is 9.35. The Labute approximate surface area is 219 Å². The second kappa shape index (κ2) is 9.36. The summed E-state index contributed by atoms with van der Waals surface area (Å²) in [5.74, 6) is 2.15.